The molecule has 1 heterocycles. The van der Waals surface area contributed by atoms with E-state index in [1.165, 1.54) is 12.8 Å². The minimum atomic E-state index is -1.25. The first-order valence-electron chi connectivity index (χ1n) is 8.24. The molecular weight excluding hydrogens is 306 g/mol. The molecular formula is C19H23NO4. The van der Waals surface area contributed by atoms with Gasteiger partial charge in [0.2, 0.25) is 0 Å². The normalized spacial score (nSPS) is 16.5. The van der Waals surface area contributed by atoms with Crippen LogP contribution < -0.4 is 10.1 Å². The van der Waals surface area contributed by atoms with Gasteiger partial charge in [-0.2, -0.15) is 0 Å². The van der Waals surface area contributed by atoms with Gasteiger partial charge >= 0.3 is 0 Å². The highest BCUT2D eigenvalue weighted by molar-refractivity contribution is 5.94. The Kier molecular flexibility index (Phi) is 4.62. The summed E-state index contributed by atoms with van der Waals surface area (Å²) in [5.74, 6) is 2.38. The smallest absolute Gasteiger partial charge is 0.251 e. The van der Waals surface area contributed by atoms with Crippen molar-refractivity contribution in [2.24, 2.45) is 5.92 Å². The average molecular weight is 329 g/mol. The summed E-state index contributed by atoms with van der Waals surface area (Å²) in [5.41, 5.74) is -0.725. The molecule has 3 rings (SSSR count). The molecule has 1 amide bonds. The fourth-order valence-corrected chi connectivity index (χ4v) is 2.37. The van der Waals surface area contributed by atoms with Gasteiger partial charge in [-0.05, 0) is 69.0 Å². The molecule has 0 spiro atoms. The summed E-state index contributed by atoms with van der Waals surface area (Å²) >= 11 is 0. The van der Waals surface area contributed by atoms with Crippen molar-refractivity contribution in [3.8, 4) is 5.75 Å². The lowest BCUT2D eigenvalue weighted by molar-refractivity contribution is 0.0323. The van der Waals surface area contributed by atoms with Crippen molar-refractivity contribution in [3.05, 3.63) is 53.5 Å². The lowest BCUT2D eigenvalue weighted by atomic mass is 10.0. The van der Waals surface area contributed by atoms with Crippen LogP contribution in [0.25, 0.3) is 0 Å². The Morgan fingerprint density at radius 2 is 2.00 bits per heavy atom. The van der Waals surface area contributed by atoms with Gasteiger partial charge in [0.1, 0.15) is 22.9 Å². The van der Waals surface area contributed by atoms with Gasteiger partial charge in [-0.15, -0.1) is 0 Å². The summed E-state index contributed by atoms with van der Waals surface area (Å²) in [5, 5.41) is 13.2. The Morgan fingerprint density at radius 1 is 1.29 bits per heavy atom. The maximum absolute atomic E-state index is 12.2. The second-order valence-corrected chi connectivity index (χ2v) is 6.65. The van der Waals surface area contributed by atoms with Crippen molar-refractivity contribution in [3.63, 3.8) is 0 Å². The molecule has 5 nitrogen and oxygen atoms in total. The summed E-state index contributed by atoms with van der Waals surface area (Å²) in [4.78, 5) is 12.2. The maximum Gasteiger partial charge on any atom is 0.251 e. The van der Waals surface area contributed by atoms with Gasteiger partial charge in [0.15, 0.2) is 0 Å². The summed E-state index contributed by atoms with van der Waals surface area (Å²) in [6.07, 6.45) is 2.49. The number of carbonyl (C=O) groups excluding carboxylic acids is 1. The largest absolute Gasteiger partial charge is 0.493 e. The molecule has 1 unspecified atom stereocenters. The van der Waals surface area contributed by atoms with Crippen LogP contribution in [0, 0.1) is 12.8 Å². The number of amides is 1. The summed E-state index contributed by atoms with van der Waals surface area (Å²) in [6.45, 7) is 4.24. The lowest BCUT2D eigenvalue weighted by Gasteiger charge is -2.21. The molecule has 0 aliphatic heterocycles. The highest BCUT2D eigenvalue weighted by atomic mass is 16.5. The van der Waals surface area contributed by atoms with Gasteiger partial charge in [-0.1, -0.05) is 0 Å². The Morgan fingerprint density at radius 3 is 2.58 bits per heavy atom. The summed E-state index contributed by atoms with van der Waals surface area (Å²) in [6, 6.07) is 10.5. The molecule has 1 fully saturated rings. The molecule has 1 saturated carbocycles. The van der Waals surface area contributed by atoms with E-state index in [0.717, 1.165) is 18.1 Å². The lowest BCUT2D eigenvalue weighted by Crippen LogP contribution is -2.38. The van der Waals surface area contributed by atoms with Crippen LogP contribution in [0.1, 0.15) is 41.6 Å². The Hall–Kier alpha value is -2.27. The van der Waals surface area contributed by atoms with Gasteiger partial charge in [-0.3, -0.25) is 4.79 Å². The topological polar surface area (TPSA) is 71.7 Å². The van der Waals surface area contributed by atoms with Crippen LogP contribution >= 0.6 is 0 Å². The molecule has 2 N–H and O–H groups in total. The van der Waals surface area contributed by atoms with Gasteiger partial charge in [0, 0.05) is 5.56 Å². The summed E-state index contributed by atoms with van der Waals surface area (Å²) in [7, 11) is 0. The predicted molar refractivity (Wildman–Crippen MR) is 90.0 cm³/mol. The standard InChI is InChI=1S/C19H23NO4/c1-13-3-10-17(24-13)19(2,22)12-20-18(21)15-6-8-16(9-7-15)23-11-14-4-5-14/h3,6-10,14,22H,4-5,11-12H2,1-2H3,(H,20,21). The zero-order chi connectivity index (χ0) is 17.2. The number of benzene rings is 1. The first kappa shape index (κ1) is 16.6. The second kappa shape index (κ2) is 6.69. The van der Waals surface area contributed by atoms with Crippen molar-refractivity contribution >= 4 is 5.91 Å². The maximum atomic E-state index is 12.2. The van der Waals surface area contributed by atoms with E-state index < -0.39 is 5.60 Å². The third-order valence-electron chi connectivity index (χ3n) is 4.16. The Labute approximate surface area is 141 Å². The highest BCUT2D eigenvalue weighted by Gasteiger charge is 2.27. The molecule has 1 atom stereocenters. The molecule has 1 aliphatic carbocycles. The van der Waals surface area contributed by atoms with E-state index in [-0.39, 0.29) is 12.5 Å². The Balaban J connectivity index is 1.54. The molecule has 24 heavy (non-hydrogen) atoms. The van der Waals surface area contributed by atoms with Crippen LogP contribution in [0.3, 0.4) is 0 Å². The van der Waals surface area contributed by atoms with Gasteiger partial charge in [0.25, 0.3) is 5.91 Å². The number of hydrogen-bond donors (Lipinski definition) is 2. The molecule has 1 aromatic carbocycles. The highest BCUT2D eigenvalue weighted by Crippen LogP contribution is 2.29. The van der Waals surface area contributed by atoms with Crippen LogP contribution in [0.4, 0.5) is 0 Å². The number of aliphatic hydroxyl groups is 1. The zero-order valence-electron chi connectivity index (χ0n) is 14.0. The molecule has 0 bridgehead atoms. The second-order valence-electron chi connectivity index (χ2n) is 6.65. The van der Waals surface area contributed by atoms with Crippen molar-refractivity contribution in [1.29, 1.82) is 0 Å². The number of aryl methyl sites for hydroxylation is 1. The first-order chi connectivity index (χ1) is 11.4. The number of carbonyl (C=O) groups is 1. The molecule has 0 saturated heterocycles. The Bertz CT molecular complexity index is 698. The van der Waals surface area contributed by atoms with E-state index in [4.69, 9.17) is 9.15 Å². The van der Waals surface area contributed by atoms with Crippen molar-refractivity contribution in [1.82, 2.24) is 5.32 Å². The third kappa shape index (κ3) is 4.17. The fraction of sp³-hybridized carbons (Fsp3) is 0.421. The first-order valence-corrected chi connectivity index (χ1v) is 8.24. The number of hydrogen-bond acceptors (Lipinski definition) is 4. The van der Waals surface area contributed by atoms with Crippen LogP contribution in [-0.2, 0) is 5.60 Å². The summed E-state index contributed by atoms with van der Waals surface area (Å²) < 4.78 is 11.1. The third-order valence-corrected chi connectivity index (χ3v) is 4.16. The minimum Gasteiger partial charge on any atom is -0.493 e. The van der Waals surface area contributed by atoms with E-state index in [1.807, 2.05) is 6.92 Å². The van der Waals surface area contributed by atoms with Crippen molar-refractivity contribution in [2.75, 3.05) is 13.2 Å². The van der Waals surface area contributed by atoms with E-state index in [0.29, 0.717) is 17.2 Å². The minimum absolute atomic E-state index is 0.0682. The quantitative estimate of drug-likeness (QED) is 0.819. The SMILES string of the molecule is Cc1ccc(C(C)(O)CNC(=O)c2ccc(OCC3CC3)cc2)o1. The van der Waals surface area contributed by atoms with Crippen LogP contribution in [0.15, 0.2) is 40.8 Å². The van der Waals surface area contributed by atoms with Crippen molar-refractivity contribution < 1.29 is 19.1 Å². The molecule has 1 aromatic heterocycles. The van der Waals surface area contributed by atoms with E-state index in [2.05, 4.69) is 5.32 Å². The molecule has 1 aliphatic rings. The number of nitrogens with one attached hydrogen (secondary N) is 1. The number of ether oxygens (including phenoxy) is 1. The van der Waals surface area contributed by atoms with E-state index in [1.54, 1.807) is 43.3 Å². The number of furan rings is 1. The molecule has 2 aromatic rings. The monoisotopic (exact) mass is 329 g/mol. The molecule has 5 heteroatoms. The molecule has 0 radical (unpaired) electrons. The molecule has 128 valence electrons. The van der Waals surface area contributed by atoms with E-state index >= 15 is 0 Å². The van der Waals surface area contributed by atoms with Crippen molar-refractivity contribution in [2.45, 2.75) is 32.3 Å². The average Bonchev–Trinajstić information content (AvgIpc) is 3.30. The fourth-order valence-electron chi connectivity index (χ4n) is 2.37. The van der Waals surface area contributed by atoms with E-state index in [9.17, 15) is 9.90 Å². The van der Waals surface area contributed by atoms with Crippen LogP contribution in [0.5, 0.6) is 5.75 Å². The predicted octanol–water partition coefficient (Wildman–Crippen LogP) is 3.01. The van der Waals surface area contributed by atoms with Gasteiger partial charge in [0.05, 0.1) is 13.2 Å². The van der Waals surface area contributed by atoms with Gasteiger partial charge in [-0.25, -0.2) is 0 Å². The number of rotatable bonds is 7. The van der Waals surface area contributed by atoms with Crippen LogP contribution in [-0.4, -0.2) is 24.2 Å². The van der Waals surface area contributed by atoms with Gasteiger partial charge < -0.3 is 19.6 Å². The zero-order valence-corrected chi connectivity index (χ0v) is 14.0. The van der Waals surface area contributed by atoms with Crippen LogP contribution in [0.2, 0.25) is 0 Å².